The Balaban J connectivity index is 0.00000304. The Bertz CT molecular complexity index is 1240. The molecule has 5 rings (SSSR count). The van der Waals surface area contributed by atoms with Crippen molar-refractivity contribution in [1.82, 2.24) is 14.9 Å². The molecule has 4 heterocycles. The second-order valence-electron chi connectivity index (χ2n) is 9.07. The molecule has 0 radical (unpaired) electrons. The van der Waals surface area contributed by atoms with E-state index in [9.17, 15) is 15.0 Å². The molecule has 1 fully saturated rings. The van der Waals surface area contributed by atoms with E-state index < -0.39 is 11.7 Å². The van der Waals surface area contributed by atoms with Gasteiger partial charge in [-0.2, -0.15) is 0 Å². The van der Waals surface area contributed by atoms with E-state index >= 15 is 0 Å². The molecule has 1 saturated heterocycles. The van der Waals surface area contributed by atoms with Crippen molar-refractivity contribution in [2.45, 2.75) is 29.4 Å². The van der Waals surface area contributed by atoms with Crippen LogP contribution in [0.3, 0.4) is 0 Å². The molecule has 0 spiro atoms. The number of amides is 1. The second kappa shape index (κ2) is 11.2. The fraction of sp³-hybridized carbons (Fsp3) is 0.400. The number of ether oxygens (including phenoxy) is 1. The van der Waals surface area contributed by atoms with Gasteiger partial charge in [-0.05, 0) is 42.7 Å². The van der Waals surface area contributed by atoms with Crippen LogP contribution in [-0.4, -0.2) is 75.6 Å². The van der Waals surface area contributed by atoms with Crippen molar-refractivity contribution in [3.8, 4) is 5.88 Å². The van der Waals surface area contributed by atoms with Gasteiger partial charge in [0.1, 0.15) is 5.52 Å². The molecule has 0 saturated carbocycles. The minimum atomic E-state index is -0.858. The van der Waals surface area contributed by atoms with Crippen LogP contribution in [0.2, 0.25) is 0 Å². The number of nitrogens with one attached hydrogen (secondary N) is 2. The monoisotopic (exact) mass is 531 g/mol. The Morgan fingerprint density at radius 1 is 1.25 bits per heavy atom. The van der Waals surface area contributed by atoms with Crippen LogP contribution in [0, 0.1) is 0 Å². The fourth-order valence-corrected chi connectivity index (χ4v) is 5.30. The van der Waals surface area contributed by atoms with Crippen molar-refractivity contribution < 1.29 is 19.7 Å². The van der Waals surface area contributed by atoms with E-state index in [2.05, 4.69) is 25.5 Å². The number of halogens is 1. The van der Waals surface area contributed by atoms with Crippen molar-refractivity contribution in [2.75, 3.05) is 49.7 Å². The Morgan fingerprint density at radius 2 is 2.06 bits per heavy atom. The Kier molecular flexibility index (Phi) is 8.21. The molecule has 4 N–H and O–H groups in total. The van der Waals surface area contributed by atoms with Crippen LogP contribution in [0.5, 0.6) is 5.88 Å². The smallest absolute Gasteiger partial charge is 0.234 e. The molecule has 0 aliphatic carbocycles. The first-order chi connectivity index (χ1) is 16.9. The van der Waals surface area contributed by atoms with Gasteiger partial charge >= 0.3 is 0 Å². The van der Waals surface area contributed by atoms with Gasteiger partial charge in [-0.15, -0.1) is 24.2 Å². The zero-order valence-electron chi connectivity index (χ0n) is 19.9. The fourth-order valence-electron chi connectivity index (χ4n) is 4.51. The molecule has 2 aliphatic rings. The molecule has 1 amide bonds. The van der Waals surface area contributed by atoms with Gasteiger partial charge in [-0.3, -0.25) is 9.78 Å². The van der Waals surface area contributed by atoms with E-state index in [0.29, 0.717) is 56.2 Å². The van der Waals surface area contributed by atoms with Crippen LogP contribution in [0.25, 0.3) is 11.0 Å². The lowest BCUT2D eigenvalue weighted by atomic mass is 9.91. The minimum absolute atomic E-state index is 0. The number of hydrogen-bond donors (Lipinski definition) is 4. The van der Waals surface area contributed by atoms with E-state index in [1.54, 1.807) is 19.4 Å². The zero-order chi connectivity index (χ0) is 24.4. The normalized spacial score (nSPS) is 18.0. The molecule has 0 bridgehead atoms. The number of thioether (sulfide) groups is 1. The number of nitrogens with zero attached hydrogens (tertiary/aromatic N) is 3. The lowest BCUT2D eigenvalue weighted by Crippen LogP contribution is -2.49. The Morgan fingerprint density at radius 3 is 2.83 bits per heavy atom. The third kappa shape index (κ3) is 5.84. The first-order valence-electron chi connectivity index (χ1n) is 11.7. The average molecular weight is 532 g/mol. The van der Waals surface area contributed by atoms with Crippen molar-refractivity contribution >= 4 is 52.5 Å². The number of fused-ring (bicyclic) bond motifs is 2. The van der Waals surface area contributed by atoms with Crippen LogP contribution in [0.4, 0.5) is 11.4 Å². The third-order valence-corrected chi connectivity index (χ3v) is 7.69. The number of methoxy groups -OCH3 is 1. The molecule has 2 aliphatic heterocycles. The number of anilines is 2. The number of carbonyl (C=O) groups is 1. The van der Waals surface area contributed by atoms with Gasteiger partial charge in [0.2, 0.25) is 11.8 Å². The van der Waals surface area contributed by atoms with Crippen molar-refractivity contribution in [3.63, 3.8) is 0 Å². The van der Waals surface area contributed by atoms with Crippen molar-refractivity contribution in [1.29, 1.82) is 0 Å². The molecule has 1 unspecified atom stereocenters. The highest BCUT2D eigenvalue weighted by atomic mass is 35.5. The third-order valence-electron chi connectivity index (χ3n) is 6.61. The van der Waals surface area contributed by atoms with Gasteiger partial charge in [-0.1, -0.05) is 6.07 Å². The van der Waals surface area contributed by atoms with Gasteiger partial charge in [-0.25, -0.2) is 4.98 Å². The van der Waals surface area contributed by atoms with E-state index in [1.165, 1.54) is 11.8 Å². The number of benzene rings is 1. The highest BCUT2D eigenvalue weighted by Gasteiger charge is 2.33. The summed E-state index contributed by atoms with van der Waals surface area (Å²) in [6.07, 6.45) is 2.22. The summed E-state index contributed by atoms with van der Waals surface area (Å²) >= 11 is 1.51. The maximum absolute atomic E-state index is 11.7. The van der Waals surface area contributed by atoms with E-state index in [4.69, 9.17) is 4.74 Å². The van der Waals surface area contributed by atoms with E-state index in [-0.39, 0.29) is 18.3 Å². The Hall–Kier alpha value is -2.63. The molecule has 192 valence electrons. The number of likely N-dealkylation sites (tertiary alicyclic amines) is 1. The average Bonchev–Trinajstić information content (AvgIpc) is 2.88. The molecule has 9 nitrogen and oxygen atoms in total. The summed E-state index contributed by atoms with van der Waals surface area (Å²) in [4.78, 5) is 23.7. The number of hydrogen-bond acceptors (Lipinski definition) is 9. The summed E-state index contributed by atoms with van der Waals surface area (Å²) in [6.45, 7) is 2.22. The van der Waals surface area contributed by atoms with Gasteiger partial charge in [0.15, 0.2) is 0 Å². The summed E-state index contributed by atoms with van der Waals surface area (Å²) < 4.78 is 5.24. The van der Waals surface area contributed by atoms with Gasteiger partial charge in [0.05, 0.1) is 41.5 Å². The van der Waals surface area contributed by atoms with Gasteiger partial charge in [0, 0.05) is 43.3 Å². The number of aliphatic hydroxyl groups is 2. The number of piperidine rings is 1. The summed E-state index contributed by atoms with van der Waals surface area (Å²) in [6, 6.07) is 11.2. The zero-order valence-corrected chi connectivity index (χ0v) is 21.6. The molecule has 36 heavy (non-hydrogen) atoms. The van der Waals surface area contributed by atoms with Gasteiger partial charge < -0.3 is 30.5 Å². The highest BCUT2D eigenvalue weighted by molar-refractivity contribution is 8.00. The topological polar surface area (TPSA) is 120 Å². The summed E-state index contributed by atoms with van der Waals surface area (Å²) in [7, 11) is 1.58. The summed E-state index contributed by atoms with van der Waals surface area (Å²) in [5, 5.41) is 28.2. The first kappa shape index (κ1) is 26.4. The maximum Gasteiger partial charge on any atom is 0.234 e. The molecule has 1 aromatic carbocycles. The number of aromatic nitrogens is 2. The standard InChI is InChI=1S/C25H29N5O4S.ClH/c1-34-23-5-3-17-24(29-23)18(6-9-26-17)27-15-25(33)7-10-30(11-8-25)13-20(31)16-2-4-21-19(12-16)28-22(32)14-35-21;/h2-6,9,12,20,31,33H,7-8,10-11,13-15H2,1H3,(H,26,27)(H,28,32);1H. The second-order valence-corrected chi connectivity index (χ2v) is 10.1. The van der Waals surface area contributed by atoms with Crippen LogP contribution >= 0.6 is 24.2 Å². The highest BCUT2D eigenvalue weighted by Crippen LogP contribution is 2.34. The number of carbonyl (C=O) groups excluding carboxylic acids is 1. The van der Waals surface area contributed by atoms with E-state index in [1.807, 2.05) is 30.3 Å². The number of β-amino-alcohol motifs (C(OH)–C–C–N with tert-alkyl or cyclic N) is 1. The quantitative estimate of drug-likeness (QED) is 0.364. The predicted molar refractivity (Wildman–Crippen MR) is 143 cm³/mol. The lowest BCUT2D eigenvalue weighted by Gasteiger charge is -2.39. The van der Waals surface area contributed by atoms with Gasteiger partial charge in [0.25, 0.3) is 0 Å². The summed E-state index contributed by atoms with van der Waals surface area (Å²) in [5.41, 5.74) is 2.95. The molecular weight excluding hydrogens is 502 g/mol. The molecule has 2 aromatic heterocycles. The number of rotatable bonds is 7. The van der Waals surface area contributed by atoms with Crippen LogP contribution in [0.1, 0.15) is 24.5 Å². The first-order valence-corrected chi connectivity index (χ1v) is 12.6. The predicted octanol–water partition coefficient (Wildman–Crippen LogP) is 3.08. The molecule has 3 aromatic rings. The van der Waals surface area contributed by atoms with Crippen molar-refractivity contribution in [2.24, 2.45) is 0 Å². The number of pyridine rings is 2. The number of aliphatic hydroxyl groups excluding tert-OH is 1. The van der Waals surface area contributed by atoms with Crippen LogP contribution in [0.15, 0.2) is 47.5 Å². The maximum atomic E-state index is 11.7. The molecule has 1 atom stereocenters. The van der Waals surface area contributed by atoms with Crippen molar-refractivity contribution in [3.05, 3.63) is 48.2 Å². The molecular formula is C25H30ClN5O4S. The summed E-state index contributed by atoms with van der Waals surface area (Å²) in [5.74, 6) is 0.912. The SMILES string of the molecule is COc1ccc2nccc(NCC3(O)CCN(CC(O)c4ccc5c(c4)NC(=O)CS5)CC3)c2n1.Cl. The van der Waals surface area contributed by atoms with E-state index in [0.717, 1.165) is 27.4 Å². The minimum Gasteiger partial charge on any atom is -0.481 e. The lowest BCUT2D eigenvalue weighted by molar-refractivity contribution is -0.113. The van der Waals surface area contributed by atoms with Crippen LogP contribution < -0.4 is 15.4 Å². The molecule has 11 heteroatoms. The largest absolute Gasteiger partial charge is 0.481 e. The Labute approximate surface area is 220 Å². The van der Waals surface area contributed by atoms with Crippen LogP contribution in [-0.2, 0) is 4.79 Å².